The molecule has 0 aliphatic carbocycles. The van der Waals surface area contributed by atoms with Crippen molar-refractivity contribution in [2.75, 3.05) is 11.9 Å². The molecule has 0 fully saturated rings. The van der Waals surface area contributed by atoms with Crippen LogP contribution in [0.5, 0.6) is 0 Å². The summed E-state index contributed by atoms with van der Waals surface area (Å²) in [6, 6.07) is 7.97. The number of nitrogens with one attached hydrogen (secondary N) is 2. The highest BCUT2D eigenvalue weighted by Gasteiger charge is 2.27. The van der Waals surface area contributed by atoms with Crippen LogP contribution in [0.2, 0.25) is 0 Å². The topological polar surface area (TPSA) is 83.7 Å². The second kappa shape index (κ2) is 7.96. The summed E-state index contributed by atoms with van der Waals surface area (Å²) in [5.41, 5.74) is 3.93. The van der Waals surface area contributed by atoms with Crippen LogP contribution in [0.4, 0.5) is 10.5 Å². The Kier molecular flexibility index (Phi) is 5.63. The molecule has 28 heavy (non-hydrogen) atoms. The minimum atomic E-state index is -0.506. The number of hydrogen-bond donors (Lipinski definition) is 2. The Balaban J connectivity index is 1.63. The van der Waals surface area contributed by atoms with Crippen LogP contribution >= 0.6 is 0 Å². The van der Waals surface area contributed by atoms with E-state index < -0.39 is 5.60 Å². The number of fused-ring (bicyclic) bond motifs is 1. The van der Waals surface area contributed by atoms with Gasteiger partial charge >= 0.3 is 12.1 Å². The third-order valence-corrected chi connectivity index (χ3v) is 4.35. The van der Waals surface area contributed by atoms with Crippen molar-refractivity contribution in [3.05, 3.63) is 52.8 Å². The van der Waals surface area contributed by atoms with Crippen molar-refractivity contribution in [2.45, 2.75) is 52.9 Å². The third kappa shape index (κ3) is 4.65. The molecular weight excluding hydrogens is 358 g/mol. The maximum absolute atomic E-state index is 12.3. The van der Waals surface area contributed by atoms with Gasteiger partial charge in [-0.25, -0.2) is 9.59 Å². The lowest BCUT2D eigenvalue weighted by Crippen LogP contribution is -2.33. The second-order valence-electron chi connectivity index (χ2n) is 7.78. The Morgan fingerprint density at radius 2 is 1.93 bits per heavy atom. The molecule has 0 spiro atoms. The Bertz CT molecular complexity index is 867. The van der Waals surface area contributed by atoms with E-state index in [1.807, 2.05) is 39.0 Å². The van der Waals surface area contributed by atoms with Crippen molar-refractivity contribution < 1.29 is 19.1 Å². The number of anilines is 1. The van der Waals surface area contributed by atoms with Gasteiger partial charge in [-0.3, -0.25) is 4.90 Å². The highest BCUT2D eigenvalue weighted by molar-refractivity contribution is 5.93. The van der Waals surface area contributed by atoms with E-state index >= 15 is 0 Å². The average molecular weight is 385 g/mol. The first-order chi connectivity index (χ1) is 13.3. The van der Waals surface area contributed by atoms with Gasteiger partial charge in [0.2, 0.25) is 0 Å². The van der Waals surface area contributed by atoms with E-state index in [4.69, 9.17) is 9.47 Å². The van der Waals surface area contributed by atoms with Crippen LogP contribution in [0.1, 0.15) is 54.9 Å². The molecule has 1 aromatic heterocycles. The van der Waals surface area contributed by atoms with E-state index in [0.29, 0.717) is 37.6 Å². The Morgan fingerprint density at radius 1 is 1.18 bits per heavy atom. The minimum Gasteiger partial charge on any atom is -0.461 e. The first-order valence-electron chi connectivity index (χ1n) is 9.44. The molecule has 1 amide bonds. The lowest BCUT2D eigenvalue weighted by molar-refractivity contribution is 0.0241. The largest absolute Gasteiger partial charge is 0.461 e. The van der Waals surface area contributed by atoms with Gasteiger partial charge < -0.3 is 19.8 Å². The molecule has 7 heteroatoms. The van der Waals surface area contributed by atoms with Crippen molar-refractivity contribution in [1.82, 2.24) is 9.88 Å². The molecule has 2 heterocycles. The quantitative estimate of drug-likeness (QED) is 0.759. The second-order valence-corrected chi connectivity index (χ2v) is 7.78. The van der Waals surface area contributed by atoms with Gasteiger partial charge in [-0.1, -0.05) is 18.2 Å². The van der Waals surface area contributed by atoms with Gasteiger partial charge in [0.15, 0.2) is 0 Å². The predicted octanol–water partition coefficient (Wildman–Crippen LogP) is 4.05. The van der Waals surface area contributed by atoms with Crippen molar-refractivity contribution in [1.29, 1.82) is 0 Å². The lowest BCUT2D eigenvalue weighted by atomic mass is 10.1. The number of carbonyl (C=O) groups excluding carboxylic acids is 2. The number of H-pyrrole nitrogens is 1. The minimum absolute atomic E-state index is 0.297. The average Bonchev–Trinajstić information content (AvgIpc) is 3.25. The van der Waals surface area contributed by atoms with E-state index in [1.54, 1.807) is 18.0 Å². The molecule has 0 unspecified atom stereocenters. The van der Waals surface area contributed by atoms with Gasteiger partial charge in [-0.05, 0) is 50.5 Å². The number of carbonyl (C=O) groups is 2. The molecule has 2 N–H and O–H groups in total. The Hall–Kier alpha value is -2.96. The number of amides is 1. The van der Waals surface area contributed by atoms with Crippen LogP contribution in [0.15, 0.2) is 30.5 Å². The number of esters is 1. The monoisotopic (exact) mass is 385 g/mol. The smallest absolute Gasteiger partial charge is 0.410 e. The number of hydrogen-bond acceptors (Lipinski definition) is 5. The molecule has 7 nitrogen and oxygen atoms in total. The van der Waals surface area contributed by atoms with E-state index in [-0.39, 0.29) is 12.1 Å². The molecule has 0 saturated carbocycles. The molecular formula is C21H27N3O4. The molecule has 3 rings (SSSR count). The van der Waals surface area contributed by atoms with Crippen LogP contribution in [0, 0.1) is 0 Å². The maximum atomic E-state index is 12.3. The van der Waals surface area contributed by atoms with Gasteiger partial charge in [0.25, 0.3) is 0 Å². The first-order valence-corrected chi connectivity index (χ1v) is 9.44. The van der Waals surface area contributed by atoms with Crippen molar-refractivity contribution in [3.63, 3.8) is 0 Å². The Labute approximate surface area is 165 Å². The van der Waals surface area contributed by atoms with Crippen LogP contribution in [0.3, 0.4) is 0 Å². The highest BCUT2D eigenvalue weighted by atomic mass is 16.6. The first kappa shape index (κ1) is 19.8. The summed E-state index contributed by atoms with van der Waals surface area (Å²) in [5, 5.41) is 3.27. The fraction of sp³-hybridized carbons (Fsp3) is 0.429. The molecule has 0 saturated heterocycles. The van der Waals surface area contributed by atoms with Gasteiger partial charge in [0, 0.05) is 25.8 Å². The predicted molar refractivity (Wildman–Crippen MR) is 106 cm³/mol. The molecule has 1 aromatic carbocycles. The maximum Gasteiger partial charge on any atom is 0.410 e. The lowest BCUT2D eigenvalue weighted by Gasteiger charge is -2.24. The molecule has 1 aliphatic heterocycles. The fourth-order valence-electron chi connectivity index (χ4n) is 3.10. The zero-order valence-corrected chi connectivity index (χ0v) is 16.8. The number of rotatable bonds is 5. The van der Waals surface area contributed by atoms with Crippen molar-refractivity contribution in [2.24, 2.45) is 0 Å². The summed E-state index contributed by atoms with van der Waals surface area (Å²) in [6.45, 7) is 9.36. The summed E-state index contributed by atoms with van der Waals surface area (Å²) in [5.74, 6) is -0.378. The van der Waals surface area contributed by atoms with Crippen LogP contribution in [-0.4, -0.2) is 34.2 Å². The number of nitrogens with zero attached hydrogens (tertiary/aromatic N) is 1. The highest BCUT2D eigenvalue weighted by Crippen LogP contribution is 2.26. The summed E-state index contributed by atoms with van der Waals surface area (Å²) in [4.78, 5) is 28.9. The normalized spacial score (nSPS) is 13.2. The number of ether oxygens (including phenoxy) is 2. The van der Waals surface area contributed by atoms with E-state index in [1.165, 1.54) is 0 Å². The summed E-state index contributed by atoms with van der Waals surface area (Å²) in [6.07, 6.45) is 1.41. The van der Waals surface area contributed by atoms with Crippen LogP contribution < -0.4 is 5.32 Å². The van der Waals surface area contributed by atoms with E-state index in [2.05, 4.69) is 16.4 Å². The number of aromatic amines is 1. The Morgan fingerprint density at radius 3 is 2.64 bits per heavy atom. The molecule has 0 radical (unpaired) electrons. The fourth-order valence-corrected chi connectivity index (χ4v) is 3.10. The van der Waals surface area contributed by atoms with Crippen molar-refractivity contribution in [3.8, 4) is 0 Å². The molecule has 150 valence electrons. The third-order valence-electron chi connectivity index (χ3n) is 4.35. The standard InChI is InChI=1S/C21H27N3O4/c1-5-27-19(25)18-17(8-9-22-18)23-11-14-6-7-15-12-24(13-16(15)10-14)20(26)28-21(2,3)4/h6-10,22-23H,5,11-13H2,1-4H3. The van der Waals surface area contributed by atoms with E-state index in [0.717, 1.165) is 16.7 Å². The molecule has 0 atom stereocenters. The zero-order valence-electron chi connectivity index (χ0n) is 16.8. The van der Waals surface area contributed by atoms with Gasteiger partial charge in [-0.2, -0.15) is 0 Å². The summed E-state index contributed by atoms with van der Waals surface area (Å²) < 4.78 is 10.5. The number of benzene rings is 1. The van der Waals surface area contributed by atoms with E-state index in [9.17, 15) is 9.59 Å². The molecule has 1 aliphatic rings. The number of aromatic nitrogens is 1. The zero-order chi connectivity index (χ0) is 20.3. The van der Waals surface area contributed by atoms with Gasteiger partial charge in [-0.15, -0.1) is 0 Å². The molecule has 0 bridgehead atoms. The van der Waals surface area contributed by atoms with Gasteiger partial charge in [0.1, 0.15) is 11.3 Å². The van der Waals surface area contributed by atoms with Crippen LogP contribution in [0.25, 0.3) is 0 Å². The summed E-state index contributed by atoms with van der Waals surface area (Å²) in [7, 11) is 0. The SMILES string of the molecule is CCOC(=O)c1[nH]ccc1NCc1ccc2c(c1)CN(C(=O)OC(C)(C)C)C2. The van der Waals surface area contributed by atoms with Crippen LogP contribution in [-0.2, 0) is 29.1 Å². The van der Waals surface area contributed by atoms with Crippen molar-refractivity contribution >= 4 is 17.7 Å². The van der Waals surface area contributed by atoms with Gasteiger partial charge in [0.05, 0.1) is 12.3 Å². The molecule has 2 aromatic rings. The summed E-state index contributed by atoms with van der Waals surface area (Å²) >= 11 is 0.